The number of ether oxygens (including phenoxy) is 2. The molecule has 2 aromatic carbocycles. The Labute approximate surface area is 147 Å². The molecule has 0 spiro atoms. The van der Waals surface area contributed by atoms with Crippen molar-refractivity contribution >= 4 is 22.5 Å². The Morgan fingerprint density at radius 1 is 1.08 bits per heavy atom. The number of hydrogen-bond acceptors (Lipinski definition) is 3. The fourth-order valence-corrected chi connectivity index (χ4v) is 2.89. The molecule has 0 fully saturated rings. The van der Waals surface area contributed by atoms with Gasteiger partial charge in [0.2, 0.25) is 5.91 Å². The molecule has 1 amide bonds. The summed E-state index contributed by atoms with van der Waals surface area (Å²) in [6.07, 6.45) is 2.41. The van der Waals surface area contributed by atoms with E-state index in [1.54, 1.807) is 20.3 Å². The number of carbonyl (C=O) groups is 1. The number of amides is 1. The topological polar surface area (TPSA) is 52.5 Å². The molecule has 130 valence electrons. The molecule has 0 aliphatic carbocycles. The van der Waals surface area contributed by atoms with E-state index in [-0.39, 0.29) is 5.91 Å². The molecule has 3 rings (SSSR count). The number of nitrogens with zero attached hydrogens (tertiary/aromatic N) is 1. The van der Waals surface area contributed by atoms with Gasteiger partial charge in [-0.2, -0.15) is 0 Å². The Kier molecular flexibility index (Phi) is 4.93. The Bertz CT molecular complexity index is 899. The minimum Gasteiger partial charge on any atom is -0.493 e. The van der Waals surface area contributed by atoms with Gasteiger partial charge in [-0.25, -0.2) is 0 Å². The van der Waals surface area contributed by atoms with Crippen molar-refractivity contribution in [1.82, 2.24) is 4.57 Å². The maximum Gasteiger partial charge on any atom is 0.226 e. The molecule has 1 heterocycles. The van der Waals surface area contributed by atoms with Crippen LogP contribution in [0.1, 0.15) is 12.0 Å². The van der Waals surface area contributed by atoms with Gasteiger partial charge in [0.15, 0.2) is 11.5 Å². The van der Waals surface area contributed by atoms with E-state index in [0.29, 0.717) is 24.5 Å². The lowest BCUT2D eigenvalue weighted by Gasteiger charge is -2.14. The second kappa shape index (κ2) is 7.30. The van der Waals surface area contributed by atoms with Gasteiger partial charge in [-0.3, -0.25) is 4.79 Å². The second-order valence-electron chi connectivity index (χ2n) is 5.89. The molecule has 0 saturated carbocycles. The highest BCUT2D eigenvalue weighted by Gasteiger charge is 2.11. The maximum absolute atomic E-state index is 12.4. The summed E-state index contributed by atoms with van der Waals surface area (Å²) in [5, 5.41) is 4.14. The van der Waals surface area contributed by atoms with Gasteiger partial charge in [0.05, 0.1) is 14.2 Å². The number of fused-ring (bicyclic) bond motifs is 1. The van der Waals surface area contributed by atoms with Crippen LogP contribution in [-0.2, 0) is 11.3 Å². The third-order valence-electron chi connectivity index (χ3n) is 4.26. The van der Waals surface area contributed by atoms with Gasteiger partial charge in [-0.15, -0.1) is 0 Å². The van der Waals surface area contributed by atoms with Crippen LogP contribution in [0.2, 0.25) is 0 Å². The summed E-state index contributed by atoms with van der Waals surface area (Å²) in [6.45, 7) is 2.56. The summed E-state index contributed by atoms with van der Waals surface area (Å²) in [5.41, 5.74) is 2.80. The lowest BCUT2D eigenvalue weighted by atomic mass is 10.1. The first-order valence-electron chi connectivity index (χ1n) is 8.18. The van der Waals surface area contributed by atoms with Gasteiger partial charge in [0.1, 0.15) is 0 Å². The molecule has 0 saturated heterocycles. The first-order valence-corrected chi connectivity index (χ1v) is 8.18. The third kappa shape index (κ3) is 3.60. The summed E-state index contributed by atoms with van der Waals surface area (Å²) in [7, 11) is 3.17. The van der Waals surface area contributed by atoms with Crippen LogP contribution in [0.15, 0.2) is 48.7 Å². The van der Waals surface area contributed by atoms with E-state index in [9.17, 15) is 4.79 Å². The van der Waals surface area contributed by atoms with Gasteiger partial charge in [-0.1, -0.05) is 18.2 Å². The van der Waals surface area contributed by atoms with Crippen molar-refractivity contribution in [2.24, 2.45) is 0 Å². The van der Waals surface area contributed by atoms with E-state index in [1.807, 2.05) is 31.3 Å². The first kappa shape index (κ1) is 16.9. The highest BCUT2D eigenvalue weighted by Crippen LogP contribution is 2.32. The number of nitrogens with one attached hydrogen (secondary N) is 1. The average molecular weight is 338 g/mol. The Balaban J connectivity index is 1.68. The molecule has 0 atom stereocenters. The molecule has 3 aromatic rings. The summed E-state index contributed by atoms with van der Waals surface area (Å²) in [5.74, 6) is 1.21. The monoisotopic (exact) mass is 338 g/mol. The van der Waals surface area contributed by atoms with Crippen molar-refractivity contribution in [3.8, 4) is 11.5 Å². The zero-order valence-electron chi connectivity index (χ0n) is 14.7. The molecule has 0 aliphatic rings. The Morgan fingerprint density at radius 3 is 2.56 bits per heavy atom. The van der Waals surface area contributed by atoms with E-state index in [1.165, 1.54) is 5.39 Å². The van der Waals surface area contributed by atoms with Crippen molar-refractivity contribution in [2.45, 2.75) is 19.9 Å². The zero-order valence-corrected chi connectivity index (χ0v) is 14.7. The summed E-state index contributed by atoms with van der Waals surface area (Å²) in [4.78, 5) is 12.4. The van der Waals surface area contributed by atoms with E-state index >= 15 is 0 Å². The SMILES string of the molecule is COc1cc(C)c(NC(=O)CCn2ccc3ccccc32)cc1OC. The molecule has 25 heavy (non-hydrogen) atoms. The van der Waals surface area contributed by atoms with Crippen molar-refractivity contribution in [1.29, 1.82) is 0 Å². The highest BCUT2D eigenvalue weighted by atomic mass is 16.5. The smallest absolute Gasteiger partial charge is 0.226 e. The summed E-state index contributed by atoms with van der Waals surface area (Å²) >= 11 is 0. The highest BCUT2D eigenvalue weighted by molar-refractivity contribution is 5.92. The van der Waals surface area contributed by atoms with E-state index in [0.717, 1.165) is 16.8 Å². The predicted octanol–water partition coefficient (Wildman–Crippen LogP) is 4.00. The number of aryl methyl sites for hydroxylation is 2. The van der Waals surface area contributed by atoms with Crippen LogP contribution in [-0.4, -0.2) is 24.7 Å². The standard InChI is InChI=1S/C20H22N2O3/c1-14-12-18(24-2)19(25-3)13-16(14)21-20(23)9-11-22-10-8-15-6-4-5-7-17(15)22/h4-8,10,12-13H,9,11H2,1-3H3,(H,21,23). The van der Waals surface area contributed by atoms with Crippen LogP contribution in [0.3, 0.4) is 0 Å². The second-order valence-corrected chi connectivity index (χ2v) is 5.89. The number of methoxy groups -OCH3 is 2. The molecule has 0 bridgehead atoms. The van der Waals surface area contributed by atoms with E-state index in [2.05, 4.69) is 28.1 Å². The lowest BCUT2D eigenvalue weighted by molar-refractivity contribution is -0.116. The normalized spacial score (nSPS) is 10.7. The number of para-hydroxylation sites is 1. The minimum absolute atomic E-state index is 0.0342. The van der Waals surface area contributed by atoms with Crippen molar-refractivity contribution < 1.29 is 14.3 Å². The quantitative estimate of drug-likeness (QED) is 0.739. The first-order chi connectivity index (χ1) is 12.1. The average Bonchev–Trinajstić information content (AvgIpc) is 3.04. The van der Waals surface area contributed by atoms with Crippen LogP contribution in [0.4, 0.5) is 5.69 Å². The molecule has 1 aromatic heterocycles. The zero-order chi connectivity index (χ0) is 17.8. The fourth-order valence-electron chi connectivity index (χ4n) is 2.89. The Morgan fingerprint density at radius 2 is 1.80 bits per heavy atom. The molecule has 0 radical (unpaired) electrons. The molecule has 1 N–H and O–H groups in total. The number of rotatable bonds is 6. The van der Waals surface area contributed by atoms with Crippen molar-refractivity contribution in [3.05, 3.63) is 54.2 Å². The van der Waals surface area contributed by atoms with Crippen LogP contribution < -0.4 is 14.8 Å². The van der Waals surface area contributed by atoms with E-state index in [4.69, 9.17) is 9.47 Å². The fraction of sp³-hybridized carbons (Fsp3) is 0.250. The molecule has 5 heteroatoms. The van der Waals surface area contributed by atoms with Crippen molar-refractivity contribution in [2.75, 3.05) is 19.5 Å². The van der Waals surface area contributed by atoms with Gasteiger partial charge < -0.3 is 19.4 Å². The maximum atomic E-state index is 12.4. The number of hydrogen-bond donors (Lipinski definition) is 1. The molecule has 5 nitrogen and oxygen atoms in total. The largest absolute Gasteiger partial charge is 0.493 e. The third-order valence-corrected chi connectivity index (χ3v) is 4.26. The molecular weight excluding hydrogens is 316 g/mol. The van der Waals surface area contributed by atoms with Gasteiger partial charge in [-0.05, 0) is 36.1 Å². The molecular formula is C20H22N2O3. The number of anilines is 1. The molecule has 0 aliphatic heterocycles. The van der Waals surface area contributed by atoms with Crippen LogP contribution in [0.5, 0.6) is 11.5 Å². The number of carbonyl (C=O) groups excluding carboxylic acids is 1. The Hall–Kier alpha value is -2.95. The lowest BCUT2D eigenvalue weighted by Crippen LogP contribution is -2.15. The summed E-state index contributed by atoms with van der Waals surface area (Å²) < 4.78 is 12.7. The predicted molar refractivity (Wildman–Crippen MR) is 99.5 cm³/mol. The van der Waals surface area contributed by atoms with Gasteiger partial charge in [0.25, 0.3) is 0 Å². The van der Waals surface area contributed by atoms with Gasteiger partial charge >= 0.3 is 0 Å². The van der Waals surface area contributed by atoms with Crippen LogP contribution >= 0.6 is 0 Å². The van der Waals surface area contributed by atoms with Gasteiger partial charge in [0, 0.05) is 36.4 Å². The summed E-state index contributed by atoms with van der Waals surface area (Å²) in [6, 6.07) is 13.9. The van der Waals surface area contributed by atoms with Crippen molar-refractivity contribution in [3.63, 3.8) is 0 Å². The van der Waals surface area contributed by atoms with Crippen LogP contribution in [0, 0.1) is 6.92 Å². The number of benzene rings is 2. The molecule has 0 unspecified atom stereocenters. The van der Waals surface area contributed by atoms with E-state index < -0.39 is 0 Å². The minimum atomic E-state index is -0.0342. The number of aromatic nitrogens is 1. The van der Waals surface area contributed by atoms with Crippen LogP contribution in [0.25, 0.3) is 10.9 Å².